The molecule has 0 bridgehead atoms. The highest BCUT2D eigenvalue weighted by Gasteiger charge is 2.43. The molecule has 1 aromatic heterocycles. The highest BCUT2D eigenvalue weighted by atomic mass is 32.2. The van der Waals surface area contributed by atoms with Crippen LogP contribution in [0.3, 0.4) is 0 Å². The number of likely N-dealkylation sites (tertiary alicyclic amines) is 1. The number of carbonyl (C=O) groups excluding carboxylic acids is 1. The quantitative estimate of drug-likeness (QED) is 0.871. The average Bonchev–Trinajstić information content (AvgIpc) is 3.33. The topological polar surface area (TPSA) is 83.7 Å². The fourth-order valence-electron chi connectivity index (χ4n) is 4.34. The molecule has 8 heteroatoms. The molecule has 3 aliphatic rings. The summed E-state index contributed by atoms with van der Waals surface area (Å²) in [6.07, 6.45) is 3.88. The van der Waals surface area contributed by atoms with Crippen LogP contribution < -0.4 is 5.73 Å². The molecule has 2 N–H and O–H groups in total. The minimum atomic E-state index is -3.56. The lowest BCUT2D eigenvalue weighted by Crippen LogP contribution is -2.34. The second-order valence-corrected chi connectivity index (χ2v) is 9.92. The molecule has 24 heavy (non-hydrogen) atoms. The number of thiophene rings is 1. The largest absolute Gasteiger partial charge is 0.337 e. The fourth-order valence-corrected chi connectivity index (χ4v) is 7.22. The third-order valence-electron chi connectivity index (χ3n) is 5.71. The van der Waals surface area contributed by atoms with Crippen LogP contribution in [0, 0.1) is 11.8 Å². The van der Waals surface area contributed by atoms with E-state index in [0.717, 1.165) is 25.7 Å². The Labute approximate surface area is 146 Å². The highest BCUT2D eigenvalue weighted by Crippen LogP contribution is 2.38. The Bertz CT molecular complexity index is 740. The third-order valence-corrected chi connectivity index (χ3v) is 8.68. The summed E-state index contributed by atoms with van der Waals surface area (Å²) < 4.78 is 27.2. The fraction of sp³-hybridized carbons (Fsp3) is 0.688. The molecule has 6 nitrogen and oxygen atoms in total. The van der Waals surface area contributed by atoms with Gasteiger partial charge in [-0.1, -0.05) is 0 Å². The van der Waals surface area contributed by atoms with Crippen molar-refractivity contribution in [2.24, 2.45) is 17.6 Å². The summed E-state index contributed by atoms with van der Waals surface area (Å²) in [6.45, 7) is 2.47. The van der Waals surface area contributed by atoms with Crippen LogP contribution in [0.1, 0.15) is 35.4 Å². The van der Waals surface area contributed by atoms with Crippen LogP contribution >= 0.6 is 11.3 Å². The molecule has 1 aliphatic carbocycles. The van der Waals surface area contributed by atoms with E-state index < -0.39 is 10.0 Å². The number of fused-ring (bicyclic) bond motifs is 1. The van der Waals surface area contributed by atoms with Gasteiger partial charge in [-0.3, -0.25) is 4.79 Å². The Morgan fingerprint density at radius 1 is 1.21 bits per heavy atom. The number of carbonyl (C=O) groups is 1. The van der Waals surface area contributed by atoms with Gasteiger partial charge in [-0.25, -0.2) is 8.42 Å². The lowest BCUT2D eigenvalue weighted by molar-refractivity contribution is 0.0781. The van der Waals surface area contributed by atoms with Crippen LogP contribution in [-0.4, -0.2) is 55.8 Å². The molecule has 3 unspecified atom stereocenters. The van der Waals surface area contributed by atoms with Crippen LogP contribution in [0.5, 0.6) is 0 Å². The van der Waals surface area contributed by atoms with E-state index in [-0.39, 0.29) is 16.8 Å². The van der Waals surface area contributed by atoms with E-state index in [1.54, 1.807) is 11.4 Å². The van der Waals surface area contributed by atoms with E-state index in [4.69, 9.17) is 5.73 Å². The van der Waals surface area contributed by atoms with E-state index >= 15 is 0 Å². The first-order chi connectivity index (χ1) is 11.5. The smallest absolute Gasteiger partial charge is 0.265 e. The van der Waals surface area contributed by atoms with Gasteiger partial charge in [-0.2, -0.15) is 4.31 Å². The maximum atomic E-state index is 12.9. The molecule has 1 amide bonds. The Balaban J connectivity index is 1.58. The van der Waals surface area contributed by atoms with Crippen LogP contribution in [0.2, 0.25) is 0 Å². The molecular formula is C16H23N3O3S2. The number of hydrogen-bond acceptors (Lipinski definition) is 5. The predicted molar refractivity (Wildman–Crippen MR) is 92.4 cm³/mol. The molecule has 0 radical (unpaired) electrons. The second-order valence-electron chi connectivity index (χ2n) is 7.10. The van der Waals surface area contributed by atoms with E-state index in [1.807, 2.05) is 4.90 Å². The Morgan fingerprint density at radius 3 is 2.67 bits per heavy atom. The van der Waals surface area contributed by atoms with Gasteiger partial charge >= 0.3 is 0 Å². The zero-order valence-electron chi connectivity index (χ0n) is 13.6. The van der Waals surface area contributed by atoms with Gasteiger partial charge in [0.15, 0.2) is 0 Å². The van der Waals surface area contributed by atoms with E-state index in [0.29, 0.717) is 42.9 Å². The molecule has 3 atom stereocenters. The minimum absolute atomic E-state index is 0.149. The van der Waals surface area contributed by atoms with Gasteiger partial charge in [0.1, 0.15) is 9.77 Å². The van der Waals surface area contributed by atoms with Gasteiger partial charge in [-0.05, 0) is 49.0 Å². The summed E-state index contributed by atoms with van der Waals surface area (Å²) >= 11 is 1.23. The molecule has 2 aliphatic heterocycles. The lowest BCUT2D eigenvalue weighted by atomic mass is 9.98. The average molecular weight is 370 g/mol. The molecule has 0 spiro atoms. The minimum Gasteiger partial charge on any atom is -0.337 e. The van der Waals surface area contributed by atoms with E-state index in [1.165, 1.54) is 15.6 Å². The van der Waals surface area contributed by atoms with Gasteiger partial charge in [-0.15, -0.1) is 11.3 Å². The number of nitrogens with zero attached hydrogens (tertiary/aromatic N) is 2. The molecule has 3 fully saturated rings. The van der Waals surface area contributed by atoms with Crippen LogP contribution in [0.15, 0.2) is 16.3 Å². The van der Waals surface area contributed by atoms with Crippen molar-refractivity contribution >= 4 is 27.3 Å². The van der Waals surface area contributed by atoms with Crippen molar-refractivity contribution in [2.45, 2.75) is 36.6 Å². The zero-order chi connectivity index (χ0) is 16.9. The van der Waals surface area contributed by atoms with Gasteiger partial charge in [0.25, 0.3) is 5.91 Å². The summed E-state index contributed by atoms with van der Waals surface area (Å²) in [5.41, 5.74) is 6.14. The summed E-state index contributed by atoms with van der Waals surface area (Å²) in [5, 5.41) is 1.71. The zero-order valence-corrected chi connectivity index (χ0v) is 15.2. The van der Waals surface area contributed by atoms with Crippen molar-refractivity contribution in [3.63, 3.8) is 0 Å². The SMILES string of the molecule is NC1CCC2CN(C(=O)c3sccc3S(=O)(=O)N3CCCC3)CC12. The first-order valence-corrected chi connectivity index (χ1v) is 10.9. The molecule has 4 rings (SSSR count). The lowest BCUT2D eigenvalue weighted by Gasteiger charge is -2.20. The van der Waals surface area contributed by atoms with Crippen molar-refractivity contribution in [2.75, 3.05) is 26.2 Å². The summed E-state index contributed by atoms with van der Waals surface area (Å²) in [6, 6.07) is 1.75. The third kappa shape index (κ3) is 2.60. The summed E-state index contributed by atoms with van der Waals surface area (Å²) in [7, 11) is -3.56. The molecule has 1 aromatic rings. The van der Waals surface area contributed by atoms with Crippen molar-refractivity contribution in [1.29, 1.82) is 0 Å². The summed E-state index contributed by atoms with van der Waals surface area (Å²) in [5.74, 6) is 0.694. The van der Waals surface area contributed by atoms with E-state index in [2.05, 4.69) is 0 Å². The Morgan fingerprint density at radius 2 is 1.96 bits per heavy atom. The molecule has 1 saturated carbocycles. The summed E-state index contributed by atoms with van der Waals surface area (Å²) in [4.78, 5) is 15.3. The van der Waals surface area contributed by atoms with Crippen LogP contribution in [0.4, 0.5) is 0 Å². The van der Waals surface area contributed by atoms with Gasteiger partial charge in [0.05, 0.1) is 0 Å². The molecule has 132 valence electrons. The second kappa shape index (κ2) is 6.09. The number of hydrogen-bond donors (Lipinski definition) is 1. The number of nitrogens with two attached hydrogens (primary N) is 1. The number of sulfonamides is 1. The van der Waals surface area contributed by atoms with Gasteiger partial charge in [0, 0.05) is 32.2 Å². The monoisotopic (exact) mass is 369 g/mol. The molecule has 3 heterocycles. The van der Waals surface area contributed by atoms with Gasteiger partial charge in [0.2, 0.25) is 10.0 Å². The predicted octanol–water partition coefficient (Wildman–Crippen LogP) is 1.34. The molecule has 2 saturated heterocycles. The number of rotatable bonds is 3. The van der Waals surface area contributed by atoms with Crippen molar-refractivity contribution in [1.82, 2.24) is 9.21 Å². The normalized spacial score (nSPS) is 30.9. The Kier molecular flexibility index (Phi) is 4.19. The van der Waals surface area contributed by atoms with Crippen molar-refractivity contribution < 1.29 is 13.2 Å². The first-order valence-electron chi connectivity index (χ1n) is 8.61. The maximum Gasteiger partial charge on any atom is 0.265 e. The van der Waals surface area contributed by atoms with Crippen molar-refractivity contribution in [3.05, 3.63) is 16.3 Å². The molecular weight excluding hydrogens is 346 g/mol. The van der Waals surface area contributed by atoms with Gasteiger partial charge < -0.3 is 10.6 Å². The first kappa shape index (κ1) is 16.5. The molecule has 0 aromatic carbocycles. The van der Waals surface area contributed by atoms with Crippen LogP contribution in [0.25, 0.3) is 0 Å². The highest BCUT2D eigenvalue weighted by molar-refractivity contribution is 7.89. The van der Waals surface area contributed by atoms with Crippen LogP contribution in [-0.2, 0) is 10.0 Å². The maximum absolute atomic E-state index is 12.9. The standard InChI is InChI=1S/C16H23N3O3S2/c17-13-4-3-11-9-18(10-12(11)13)16(20)15-14(5-8-23-15)24(21,22)19-6-1-2-7-19/h5,8,11-13H,1-4,6-7,9-10,17H2. The van der Waals surface area contributed by atoms with Crippen molar-refractivity contribution in [3.8, 4) is 0 Å². The Hall–Kier alpha value is -0.960. The number of amides is 1. The van der Waals surface area contributed by atoms with E-state index in [9.17, 15) is 13.2 Å².